The van der Waals surface area contributed by atoms with E-state index in [1.54, 1.807) is 0 Å². The molecule has 1 atom stereocenters. The van der Waals surface area contributed by atoms with Gasteiger partial charge >= 0.3 is 0 Å². The largest absolute Gasteiger partial charge is 0.298 e. The summed E-state index contributed by atoms with van der Waals surface area (Å²) < 4.78 is 0. The monoisotopic (exact) mass is 163 g/mol. The topological polar surface area (TPSA) is 40.9 Å². The standard InChI is InChI=1S/C10H13NO/c1-2-3-6-10(8-11)7-4-5-9(10)12/h2-3H,4-7H2,1H3/b3-2+. The Morgan fingerprint density at radius 1 is 1.75 bits per heavy atom. The minimum absolute atomic E-state index is 0.128. The number of carbonyl (C=O) groups is 1. The van der Waals surface area contributed by atoms with E-state index in [9.17, 15) is 4.79 Å². The Morgan fingerprint density at radius 3 is 2.92 bits per heavy atom. The number of hydrogen-bond donors (Lipinski definition) is 0. The fourth-order valence-corrected chi connectivity index (χ4v) is 1.63. The first-order valence-electron chi connectivity index (χ1n) is 4.31. The van der Waals surface area contributed by atoms with Crippen LogP contribution in [0.15, 0.2) is 12.2 Å². The van der Waals surface area contributed by atoms with Crippen LogP contribution in [0.3, 0.4) is 0 Å². The Kier molecular flexibility index (Phi) is 2.65. The summed E-state index contributed by atoms with van der Waals surface area (Å²) in [4.78, 5) is 11.4. The number of rotatable bonds is 2. The van der Waals surface area contributed by atoms with Gasteiger partial charge in [-0.25, -0.2) is 0 Å². The Balaban J connectivity index is 2.76. The average molecular weight is 163 g/mol. The number of Topliss-reactive ketones (excluding diaryl/α,β-unsaturated/α-hetero) is 1. The van der Waals surface area contributed by atoms with Gasteiger partial charge in [0.1, 0.15) is 5.41 Å². The molecule has 2 heteroatoms. The lowest BCUT2D eigenvalue weighted by Gasteiger charge is -2.15. The van der Waals surface area contributed by atoms with E-state index >= 15 is 0 Å². The highest BCUT2D eigenvalue weighted by Gasteiger charge is 2.40. The lowest BCUT2D eigenvalue weighted by molar-refractivity contribution is -0.123. The van der Waals surface area contributed by atoms with Gasteiger partial charge in [0.2, 0.25) is 0 Å². The number of hydrogen-bond acceptors (Lipinski definition) is 2. The summed E-state index contributed by atoms with van der Waals surface area (Å²) in [6.07, 6.45) is 6.61. The molecule has 0 radical (unpaired) electrons. The van der Waals surface area contributed by atoms with Crippen LogP contribution in [-0.2, 0) is 4.79 Å². The van der Waals surface area contributed by atoms with Crippen LogP contribution < -0.4 is 0 Å². The van der Waals surface area contributed by atoms with E-state index in [2.05, 4.69) is 6.07 Å². The maximum atomic E-state index is 11.4. The molecule has 1 fully saturated rings. The van der Waals surface area contributed by atoms with Crippen LogP contribution in [0.4, 0.5) is 0 Å². The molecule has 0 aromatic rings. The first kappa shape index (κ1) is 8.99. The van der Waals surface area contributed by atoms with Crippen molar-refractivity contribution in [2.24, 2.45) is 5.41 Å². The molecular weight excluding hydrogens is 150 g/mol. The molecule has 0 heterocycles. The lowest BCUT2D eigenvalue weighted by atomic mass is 9.83. The van der Waals surface area contributed by atoms with Gasteiger partial charge in [-0.2, -0.15) is 5.26 Å². The van der Waals surface area contributed by atoms with E-state index in [0.29, 0.717) is 12.8 Å². The molecule has 0 aromatic heterocycles. The summed E-state index contributed by atoms with van der Waals surface area (Å²) in [7, 11) is 0. The molecule has 12 heavy (non-hydrogen) atoms. The van der Waals surface area contributed by atoms with Crippen LogP contribution in [-0.4, -0.2) is 5.78 Å². The van der Waals surface area contributed by atoms with E-state index in [0.717, 1.165) is 12.8 Å². The van der Waals surface area contributed by atoms with Gasteiger partial charge in [-0.3, -0.25) is 4.79 Å². The average Bonchev–Trinajstić information content (AvgIpc) is 2.45. The minimum atomic E-state index is -0.674. The van der Waals surface area contributed by atoms with Crippen molar-refractivity contribution in [2.45, 2.75) is 32.6 Å². The molecule has 1 aliphatic carbocycles. The quantitative estimate of drug-likeness (QED) is 0.585. The third kappa shape index (κ3) is 1.40. The van der Waals surface area contributed by atoms with Crippen LogP contribution in [0.5, 0.6) is 0 Å². The Bertz CT molecular complexity index is 249. The Hall–Kier alpha value is -1.10. The van der Waals surface area contributed by atoms with Crippen LogP contribution in [0, 0.1) is 16.7 Å². The highest BCUT2D eigenvalue weighted by Crippen LogP contribution is 2.37. The van der Waals surface area contributed by atoms with Gasteiger partial charge in [-0.1, -0.05) is 12.2 Å². The minimum Gasteiger partial charge on any atom is -0.298 e. The molecule has 2 nitrogen and oxygen atoms in total. The number of ketones is 1. The smallest absolute Gasteiger partial charge is 0.153 e. The van der Waals surface area contributed by atoms with Gasteiger partial charge in [0, 0.05) is 6.42 Å². The maximum absolute atomic E-state index is 11.4. The normalized spacial score (nSPS) is 29.5. The van der Waals surface area contributed by atoms with Crippen LogP contribution >= 0.6 is 0 Å². The van der Waals surface area contributed by atoms with Gasteiger partial charge in [0.05, 0.1) is 6.07 Å². The highest BCUT2D eigenvalue weighted by atomic mass is 16.1. The van der Waals surface area contributed by atoms with Crippen molar-refractivity contribution in [3.63, 3.8) is 0 Å². The number of nitrogens with zero attached hydrogens (tertiary/aromatic N) is 1. The molecule has 0 aliphatic heterocycles. The molecular formula is C10H13NO. The third-order valence-corrected chi connectivity index (χ3v) is 2.46. The predicted molar refractivity (Wildman–Crippen MR) is 46.3 cm³/mol. The van der Waals surface area contributed by atoms with E-state index in [4.69, 9.17) is 5.26 Å². The molecule has 0 amide bonds. The second-order valence-electron chi connectivity index (χ2n) is 3.24. The Morgan fingerprint density at radius 2 is 2.50 bits per heavy atom. The molecule has 0 bridgehead atoms. The number of carbonyl (C=O) groups excluding carboxylic acids is 1. The number of allylic oxidation sites excluding steroid dienone is 2. The summed E-state index contributed by atoms with van der Waals surface area (Å²) in [5.74, 6) is 0.128. The first-order chi connectivity index (χ1) is 5.75. The van der Waals surface area contributed by atoms with Crippen molar-refractivity contribution >= 4 is 5.78 Å². The highest BCUT2D eigenvalue weighted by molar-refractivity contribution is 5.89. The van der Waals surface area contributed by atoms with Gasteiger partial charge in [0.25, 0.3) is 0 Å². The fourth-order valence-electron chi connectivity index (χ4n) is 1.63. The molecule has 0 spiro atoms. The zero-order valence-corrected chi connectivity index (χ0v) is 7.34. The molecule has 0 N–H and O–H groups in total. The molecule has 1 rings (SSSR count). The second-order valence-corrected chi connectivity index (χ2v) is 3.24. The van der Waals surface area contributed by atoms with E-state index in [1.807, 2.05) is 19.1 Å². The SMILES string of the molecule is C/C=C/CC1(C#N)CCCC1=O. The van der Waals surface area contributed by atoms with E-state index in [1.165, 1.54) is 0 Å². The van der Waals surface area contributed by atoms with Crippen molar-refractivity contribution in [3.8, 4) is 6.07 Å². The molecule has 0 aromatic carbocycles. The summed E-state index contributed by atoms with van der Waals surface area (Å²) in [5, 5.41) is 8.91. The third-order valence-electron chi connectivity index (χ3n) is 2.46. The van der Waals surface area contributed by atoms with E-state index in [-0.39, 0.29) is 5.78 Å². The molecule has 1 saturated carbocycles. The summed E-state index contributed by atoms with van der Waals surface area (Å²) in [5.41, 5.74) is -0.674. The van der Waals surface area contributed by atoms with Crippen LogP contribution in [0.25, 0.3) is 0 Å². The molecule has 1 aliphatic rings. The first-order valence-corrected chi connectivity index (χ1v) is 4.31. The lowest BCUT2D eigenvalue weighted by Crippen LogP contribution is -2.22. The van der Waals surface area contributed by atoms with Crippen molar-refractivity contribution in [3.05, 3.63) is 12.2 Å². The van der Waals surface area contributed by atoms with Crippen molar-refractivity contribution < 1.29 is 4.79 Å². The van der Waals surface area contributed by atoms with Gasteiger partial charge in [0.15, 0.2) is 5.78 Å². The number of nitriles is 1. The zero-order valence-electron chi connectivity index (χ0n) is 7.34. The molecule has 1 unspecified atom stereocenters. The molecule has 0 saturated heterocycles. The summed E-state index contributed by atoms with van der Waals surface area (Å²) in [6.45, 7) is 1.91. The van der Waals surface area contributed by atoms with Gasteiger partial charge in [-0.15, -0.1) is 0 Å². The van der Waals surface area contributed by atoms with Crippen molar-refractivity contribution in [2.75, 3.05) is 0 Å². The summed E-state index contributed by atoms with van der Waals surface area (Å²) in [6, 6.07) is 2.16. The van der Waals surface area contributed by atoms with Gasteiger partial charge in [-0.05, 0) is 26.2 Å². The fraction of sp³-hybridized carbons (Fsp3) is 0.600. The van der Waals surface area contributed by atoms with Crippen LogP contribution in [0.1, 0.15) is 32.6 Å². The second kappa shape index (κ2) is 3.53. The van der Waals surface area contributed by atoms with Crippen LogP contribution in [0.2, 0.25) is 0 Å². The van der Waals surface area contributed by atoms with Crippen molar-refractivity contribution in [1.29, 1.82) is 5.26 Å². The predicted octanol–water partition coefficient (Wildman–Crippen LogP) is 2.22. The zero-order chi connectivity index (χ0) is 9.03. The Labute approximate surface area is 72.9 Å². The maximum Gasteiger partial charge on any atom is 0.153 e. The van der Waals surface area contributed by atoms with Crippen molar-refractivity contribution in [1.82, 2.24) is 0 Å². The summed E-state index contributed by atoms with van der Waals surface area (Å²) >= 11 is 0. The van der Waals surface area contributed by atoms with Gasteiger partial charge < -0.3 is 0 Å². The molecule has 64 valence electrons. The van der Waals surface area contributed by atoms with E-state index < -0.39 is 5.41 Å².